The van der Waals surface area contributed by atoms with Crippen LogP contribution in [0.25, 0.3) is 0 Å². The van der Waals surface area contributed by atoms with Crippen LogP contribution in [0.1, 0.15) is 68.7 Å². The van der Waals surface area contributed by atoms with Gasteiger partial charge in [0.05, 0.1) is 0 Å². The summed E-state index contributed by atoms with van der Waals surface area (Å²) in [4.78, 5) is 12.2. The Hall–Kier alpha value is -1.45. The Labute approximate surface area is 237 Å². The summed E-state index contributed by atoms with van der Waals surface area (Å²) in [5, 5.41) is 21.4. The zero-order valence-electron chi connectivity index (χ0n) is 22.1. The standard InChI is InChI=1S/C17H24BrNO3.C12H16BrNO/c1-16(2,3)22-15(21)19-17(9-10-20)8-7-13-12(11-17)5-4-6-14(13)18;13-11-3-1-2-9-8-12(14,6-7-15)5-4-10(9)11/h4-6,20H,7-11H2,1-3H3,(H,19,21);1-3,15H,4-8,14H2. The van der Waals surface area contributed by atoms with Crippen molar-refractivity contribution >= 4 is 38.0 Å². The first-order valence-electron chi connectivity index (χ1n) is 12.9. The molecule has 6 nitrogen and oxygen atoms in total. The molecule has 4 rings (SSSR count). The van der Waals surface area contributed by atoms with Crippen LogP contribution in [0.5, 0.6) is 0 Å². The Balaban J connectivity index is 0.000000220. The van der Waals surface area contributed by atoms with Gasteiger partial charge in [-0.3, -0.25) is 0 Å². The highest BCUT2D eigenvalue weighted by Gasteiger charge is 2.37. The predicted molar refractivity (Wildman–Crippen MR) is 155 cm³/mol. The zero-order valence-corrected chi connectivity index (χ0v) is 25.3. The van der Waals surface area contributed by atoms with E-state index in [2.05, 4.69) is 55.4 Å². The molecular weight excluding hydrogens is 600 g/mol. The molecule has 0 saturated carbocycles. The van der Waals surface area contributed by atoms with E-state index in [1.54, 1.807) is 0 Å². The number of rotatable bonds is 5. The Kier molecular flexibility index (Phi) is 10.3. The van der Waals surface area contributed by atoms with Gasteiger partial charge in [-0.05, 0) is 107 Å². The van der Waals surface area contributed by atoms with E-state index in [9.17, 15) is 9.90 Å². The molecule has 2 aromatic rings. The Morgan fingerprint density at radius 1 is 0.946 bits per heavy atom. The number of alkyl carbamates (subject to hydrolysis) is 1. The van der Waals surface area contributed by atoms with Crippen LogP contribution >= 0.6 is 31.9 Å². The number of ether oxygens (including phenoxy) is 1. The molecule has 2 atom stereocenters. The number of hydrogen-bond acceptors (Lipinski definition) is 5. The number of halogens is 2. The summed E-state index contributed by atoms with van der Waals surface area (Å²) >= 11 is 7.16. The number of amides is 1. The lowest BCUT2D eigenvalue weighted by molar-refractivity contribution is 0.0422. The van der Waals surface area contributed by atoms with Crippen molar-refractivity contribution in [3.63, 3.8) is 0 Å². The molecule has 2 aliphatic rings. The molecule has 2 unspecified atom stereocenters. The summed E-state index contributed by atoms with van der Waals surface area (Å²) in [6.07, 6.45) is 6.02. The van der Waals surface area contributed by atoms with E-state index >= 15 is 0 Å². The molecular formula is C29H40Br2N2O4. The highest BCUT2D eigenvalue weighted by Crippen LogP contribution is 2.35. The van der Waals surface area contributed by atoms with Crippen LogP contribution < -0.4 is 11.1 Å². The third-order valence-electron chi connectivity index (χ3n) is 7.20. The Morgan fingerprint density at radius 2 is 1.49 bits per heavy atom. The number of aliphatic hydroxyl groups is 2. The van der Waals surface area contributed by atoms with Crippen LogP contribution in [0.2, 0.25) is 0 Å². The van der Waals surface area contributed by atoms with Gasteiger partial charge < -0.3 is 26.0 Å². The number of nitrogens with two attached hydrogens (primary N) is 1. The molecule has 8 heteroatoms. The van der Waals surface area contributed by atoms with Crippen molar-refractivity contribution < 1.29 is 19.7 Å². The highest BCUT2D eigenvalue weighted by molar-refractivity contribution is 9.10. The summed E-state index contributed by atoms with van der Waals surface area (Å²) in [6, 6.07) is 12.4. The van der Waals surface area contributed by atoms with Crippen LogP contribution in [0, 0.1) is 0 Å². The minimum atomic E-state index is -0.528. The van der Waals surface area contributed by atoms with Gasteiger partial charge in [-0.2, -0.15) is 0 Å². The van der Waals surface area contributed by atoms with Crippen LogP contribution in [0.3, 0.4) is 0 Å². The molecule has 0 heterocycles. The molecule has 0 radical (unpaired) electrons. The fourth-order valence-electron chi connectivity index (χ4n) is 5.31. The van der Waals surface area contributed by atoms with Crippen molar-refractivity contribution in [2.75, 3.05) is 13.2 Å². The minimum absolute atomic E-state index is 0.0408. The molecule has 5 N–H and O–H groups in total. The summed E-state index contributed by atoms with van der Waals surface area (Å²) in [6.45, 7) is 5.76. The molecule has 0 aliphatic heterocycles. The number of hydrogen-bond donors (Lipinski definition) is 4. The van der Waals surface area contributed by atoms with Crippen LogP contribution in [-0.4, -0.2) is 46.2 Å². The lowest BCUT2D eigenvalue weighted by atomic mass is 9.76. The van der Waals surface area contributed by atoms with Gasteiger partial charge in [0.25, 0.3) is 0 Å². The van der Waals surface area contributed by atoms with Gasteiger partial charge in [0, 0.05) is 33.2 Å². The summed E-state index contributed by atoms with van der Waals surface area (Å²) < 4.78 is 7.68. The average Bonchev–Trinajstić information content (AvgIpc) is 2.78. The molecule has 204 valence electrons. The van der Waals surface area contributed by atoms with Crippen molar-refractivity contribution in [2.45, 2.75) is 88.8 Å². The average molecular weight is 640 g/mol. The number of nitrogens with one attached hydrogen (secondary N) is 1. The normalized spacial score (nSPS) is 22.7. The second-order valence-corrected chi connectivity index (χ2v) is 13.0. The highest BCUT2D eigenvalue weighted by atomic mass is 79.9. The second kappa shape index (κ2) is 12.6. The van der Waals surface area contributed by atoms with Gasteiger partial charge in [-0.15, -0.1) is 0 Å². The van der Waals surface area contributed by atoms with Gasteiger partial charge in [0.2, 0.25) is 0 Å². The van der Waals surface area contributed by atoms with E-state index in [4.69, 9.17) is 15.6 Å². The van der Waals surface area contributed by atoms with E-state index in [1.165, 1.54) is 26.7 Å². The summed E-state index contributed by atoms with van der Waals surface area (Å²) in [5.41, 5.74) is 10.3. The molecule has 37 heavy (non-hydrogen) atoms. The van der Waals surface area contributed by atoms with Crippen molar-refractivity contribution in [3.8, 4) is 0 Å². The summed E-state index contributed by atoms with van der Waals surface area (Å²) in [5.74, 6) is 0. The number of carbonyl (C=O) groups is 1. The van der Waals surface area contributed by atoms with Crippen molar-refractivity contribution in [1.29, 1.82) is 0 Å². The third kappa shape index (κ3) is 8.27. The van der Waals surface area contributed by atoms with Gasteiger partial charge in [-0.25, -0.2) is 4.79 Å². The van der Waals surface area contributed by atoms with E-state index < -0.39 is 17.2 Å². The minimum Gasteiger partial charge on any atom is -0.444 e. The monoisotopic (exact) mass is 638 g/mol. The lowest BCUT2D eigenvalue weighted by Crippen LogP contribution is -2.53. The molecule has 0 fully saturated rings. The zero-order chi connectivity index (χ0) is 27.3. The molecule has 2 aliphatic carbocycles. The quantitative estimate of drug-likeness (QED) is 0.341. The van der Waals surface area contributed by atoms with Crippen LogP contribution in [0.15, 0.2) is 45.3 Å². The fraction of sp³-hybridized carbons (Fsp3) is 0.552. The molecule has 2 aromatic carbocycles. The molecule has 0 saturated heterocycles. The van der Waals surface area contributed by atoms with Crippen LogP contribution in [-0.2, 0) is 30.4 Å². The van der Waals surface area contributed by atoms with Crippen molar-refractivity contribution in [1.82, 2.24) is 5.32 Å². The molecule has 0 spiro atoms. The SMILES string of the molecule is CC(C)(C)OC(=O)NC1(CCO)CCc2c(Br)cccc2C1.NC1(CCO)CCc2c(Br)cccc2C1. The molecule has 0 bridgehead atoms. The maximum atomic E-state index is 12.2. The first-order valence-corrected chi connectivity index (χ1v) is 14.5. The first-order chi connectivity index (χ1) is 17.4. The largest absolute Gasteiger partial charge is 0.444 e. The van der Waals surface area contributed by atoms with Crippen molar-refractivity contribution in [3.05, 3.63) is 67.6 Å². The van der Waals surface area contributed by atoms with E-state index in [0.717, 1.165) is 36.6 Å². The number of fused-ring (bicyclic) bond motifs is 2. The van der Waals surface area contributed by atoms with Crippen LogP contribution in [0.4, 0.5) is 4.79 Å². The van der Waals surface area contributed by atoms with Gasteiger partial charge in [-0.1, -0.05) is 56.1 Å². The third-order valence-corrected chi connectivity index (χ3v) is 8.68. The van der Waals surface area contributed by atoms with Crippen molar-refractivity contribution in [2.24, 2.45) is 5.73 Å². The van der Waals surface area contributed by atoms with Gasteiger partial charge >= 0.3 is 6.09 Å². The smallest absolute Gasteiger partial charge is 0.408 e. The molecule has 1 amide bonds. The first kappa shape index (κ1) is 30.1. The van der Waals surface area contributed by atoms with Gasteiger partial charge in [0.1, 0.15) is 5.60 Å². The van der Waals surface area contributed by atoms with E-state index in [-0.39, 0.29) is 18.8 Å². The number of benzene rings is 2. The predicted octanol–water partition coefficient (Wildman–Crippen LogP) is 5.60. The maximum Gasteiger partial charge on any atom is 0.408 e. The maximum absolute atomic E-state index is 12.2. The number of aliphatic hydroxyl groups excluding tert-OH is 2. The van der Waals surface area contributed by atoms with Gasteiger partial charge in [0.15, 0.2) is 0 Å². The second-order valence-electron chi connectivity index (χ2n) is 11.3. The molecule has 0 aromatic heterocycles. The Morgan fingerprint density at radius 3 is 2.03 bits per heavy atom. The van der Waals surface area contributed by atoms with E-state index in [1.807, 2.05) is 39.0 Å². The topological polar surface area (TPSA) is 105 Å². The van der Waals surface area contributed by atoms with E-state index in [0.29, 0.717) is 19.3 Å². The lowest BCUT2D eigenvalue weighted by Gasteiger charge is -2.39. The fourth-order valence-corrected chi connectivity index (χ4v) is 6.52. The number of carbonyl (C=O) groups excluding carboxylic acids is 1. The Bertz CT molecular complexity index is 1090. The summed E-state index contributed by atoms with van der Waals surface area (Å²) in [7, 11) is 0.